The van der Waals surface area contributed by atoms with Crippen LogP contribution in [0.4, 0.5) is 0 Å². The molecule has 0 aromatic rings. The van der Waals surface area contributed by atoms with Crippen LogP contribution < -0.4 is 0 Å². The van der Waals surface area contributed by atoms with E-state index in [2.05, 4.69) is 25.4 Å². The topological polar surface area (TPSA) is 52.6 Å². The van der Waals surface area contributed by atoms with Crippen LogP contribution in [0.2, 0.25) is 0 Å². The molecule has 0 N–H and O–H groups in total. The Kier molecular flexibility index (Phi) is 5.76. The number of alkyl halides is 1. The van der Waals surface area contributed by atoms with Gasteiger partial charge in [-0.3, -0.25) is 9.59 Å². The Morgan fingerprint density at radius 3 is 1.64 bits per heavy atom. The summed E-state index contributed by atoms with van der Waals surface area (Å²) in [5, 5.41) is 0. The fourth-order valence-corrected chi connectivity index (χ4v) is 1.43. The monoisotopic (exact) mass is 266 g/mol. The van der Waals surface area contributed by atoms with Gasteiger partial charge in [-0.1, -0.05) is 29.8 Å². The maximum atomic E-state index is 11.3. The molecule has 4 nitrogen and oxygen atoms in total. The molecule has 0 saturated heterocycles. The Morgan fingerprint density at radius 1 is 1.07 bits per heavy atom. The summed E-state index contributed by atoms with van der Waals surface area (Å²) >= 11 is 3.29. The molecule has 0 saturated carbocycles. The van der Waals surface area contributed by atoms with Crippen LogP contribution in [-0.2, 0) is 19.1 Å². The van der Waals surface area contributed by atoms with Gasteiger partial charge in [0.25, 0.3) is 0 Å². The number of esters is 2. The van der Waals surface area contributed by atoms with Crippen LogP contribution in [0.25, 0.3) is 0 Å². The number of hydrogen-bond acceptors (Lipinski definition) is 4. The van der Waals surface area contributed by atoms with Crippen LogP contribution in [0.5, 0.6) is 0 Å². The molecule has 0 fully saturated rings. The third-order valence-electron chi connectivity index (χ3n) is 1.87. The zero-order valence-corrected chi connectivity index (χ0v) is 10.3. The minimum Gasteiger partial charge on any atom is -0.468 e. The number of hydrogen-bond donors (Lipinski definition) is 0. The molecule has 0 aliphatic heterocycles. The lowest BCUT2D eigenvalue weighted by molar-refractivity contribution is -0.159. The van der Waals surface area contributed by atoms with Crippen molar-refractivity contribution in [2.24, 2.45) is 11.8 Å². The number of methoxy groups -OCH3 is 2. The van der Waals surface area contributed by atoms with Crippen molar-refractivity contribution in [3.8, 4) is 0 Å². The molecular weight excluding hydrogens is 252 g/mol. The molecule has 1 atom stereocenters. The molecular formula is C9H15BrO4. The standard InChI is InChI=1S/C9H15BrO4/c1-5(2)7(10)6(8(11)13-3)9(12)14-4/h5-7H,1-4H3. The van der Waals surface area contributed by atoms with E-state index in [1.165, 1.54) is 14.2 Å². The average molecular weight is 267 g/mol. The number of rotatable bonds is 4. The van der Waals surface area contributed by atoms with Crippen molar-refractivity contribution in [3.63, 3.8) is 0 Å². The average Bonchev–Trinajstić information content (AvgIpc) is 2.16. The smallest absolute Gasteiger partial charge is 0.321 e. The van der Waals surface area contributed by atoms with Crippen molar-refractivity contribution in [2.75, 3.05) is 14.2 Å². The molecule has 14 heavy (non-hydrogen) atoms. The van der Waals surface area contributed by atoms with Crippen molar-refractivity contribution in [1.82, 2.24) is 0 Å². The van der Waals surface area contributed by atoms with Gasteiger partial charge in [0.15, 0.2) is 5.92 Å². The number of carbonyl (C=O) groups is 2. The Labute approximate surface area is 92.1 Å². The van der Waals surface area contributed by atoms with E-state index in [4.69, 9.17) is 0 Å². The van der Waals surface area contributed by atoms with E-state index < -0.39 is 17.9 Å². The number of ether oxygens (including phenoxy) is 2. The van der Waals surface area contributed by atoms with Gasteiger partial charge < -0.3 is 9.47 Å². The quantitative estimate of drug-likeness (QED) is 0.438. The van der Waals surface area contributed by atoms with Gasteiger partial charge in [0.1, 0.15) is 0 Å². The van der Waals surface area contributed by atoms with Gasteiger partial charge in [0.05, 0.1) is 14.2 Å². The predicted octanol–water partition coefficient (Wildman–Crippen LogP) is 1.37. The Hall–Kier alpha value is -0.580. The van der Waals surface area contributed by atoms with Crippen LogP contribution in [0, 0.1) is 11.8 Å². The molecule has 1 unspecified atom stereocenters. The van der Waals surface area contributed by atoms with Gasteiger partial charge in [0, 0.05) is 4.83 Å². The first-order valence-electron chi connectivity index (χ1n) is 4.25. The van der Waals surface area contributed by atoms with E-state index >= 15 is 0 Å². The first kappa shape index (κ1) is 13.4. The summed E-state index contributed by atoms with van der Waals surface area (Å²) in [6, 6.07) is 0. The highest BCUT2D eigenvalue weighted by Gasteiger charge is 2.36. The molecule has 0 spiro atoms. The normalized spacial score (nSPS) is 12.8. The van der Waals surface area contributed by atoms with Gasteiger partial charge >= 0.3 is 11.9 Å². The zero-order valence-electron chi connectivity index (χ0n) is 8.74. The molecule has 82 valence electrons. The van der Waals surface area contributed by atoms with Crippen molar-refractivity contribution < 1.29 is 19.1 Å². The van der Waals surface area contributed by atoms with Gasteiger partial charge in [0.2, 0.25) is 0 Å². The molecule has 0 aliphatic rings. The molecule has 0 aromatic carbocycles. The van der Waals surface area contributed by atoms with Crippen LogP contribution in [0.3, 0.4) is 0 Å². The highest BCUT2D eigenvalue weighted by molar-refractivity contribution is 9.09. The highest BCUT2D eigenvalue weighted by Crippen LogP contribution is 2.23. The summed E-state index contributed by atoms with van der Waals surface area (Å²) in [5.41, 5.74) is 0. The number of halogens is 1. The molecule has 0 radical (unpaired) electrons. The summed E-state index contributed by atoms with van der Waals surface area (Å²) in [4.78, 5) is 22.3. The first-order valence-corrected chi connectivity index (χ1v) is 5.17. The largest absolute Gasteiger partial charge is 0.468 e. The third-order valence-corrected chi connectivity index (χ3v) is 3.45. The Balaban J connectivity index is 4.72. The summed E-state index contributed by atoms with van der Waals surface area (Å²) in [7, 11) is 2.50. The van der Waals surface area contributed by atoms with E-state index in [1.807, 2.05) is 13.8 Å². The van der Waals surface area contributed by atoms with Gasteiger partial charge in [-0.15, -0.1) is 0 Å². The van der Waals surface area contributed by atoms with Gasteiger partial charge in [-0.05, 0) is 5.92 Å². The minimum absolute atomic E-state index is 0.137. The molecule has 0 aliphatic carbocycles. The summed E-state index contributed by atoms with van der Waals surface area (Å²) in [6.45, 7) is 3.80. The molecule has 0 amide bonds. The maximum absolute atomic E-state index is 11.3. The van der Waals surface area contributed by atoms with Crippen LogP contribution >= 0.6 is 15.9 Å². The lowest BCUT2D eigenvalue weighted by Crippen LogP contribution is -2.36. The summed E-state index contributed by atoms with van der Waals surface area (Å²) in [6.07, 6.45) is 0. The minimum atomic E-state index is -0.898. The second-order valence-corrected chi connectivity index (χ2v) is 4.27. The molecule has 0 bridgehead atoms. The first-order chi connectivity index (χ1) is 6.45. The third kappa shape index (κ3) is 3.29. The fourth-order valence-electron chi connectivity index (χ4n) is 0.995. The SMILES string of the molecule is COC(=O)C(C(=O)OC)C(Br)C(C)C. The van der Waals surface area contributed by atoms with Gasteiger partial charge in [-0.25, -0.2) is 0 Å². The van der Waals surface area contributed by atoms with E-state index in [9.17, 15) is 9.59 Å². The van der Waals surface area contributed by atoms with E-state index in [1.54, 1.807) is 0 Å². The Bertz CT molecular complexity index is 199. The summed E-state index contributed by atoms with van der Waals surface area (Å²) in [5.74, 6) is -1.91. The Morgan fingerprint density at radius 2 is 1.43 bits per heavy atom. The number of carbonyl (C=O) groups excluding carboxylic acids is 2. The van der Waals surface area contributed by atoms with E-state index in [-0.39, 0.29) is 10.7 Å². The molecule has 0 aromatic heterocycles. The van der Waals surface area contributed by atoms with Crippen LogP contribution in [0.1, 0.15) is 13.8 Å². The van der Waals surface area contributed by atoms with E-state index in [0.717, 1.165) is 0 Å². The zero-order chi connectivity index (χ0) is 11.3. The lowest BCUT2D eigenvalue weighted by Gasteiger charge is -2.20. The van der Waals surface area contributed by atoms with Crippen LogP contribution in [0.15, 0.2) is 0 Å². The highest BCUT2D eigenvalue weighted by atomic mass is 79.9. The molecule has 0 heterocycles. The second kappa shape index (κ2) is 6.01. The van der Waals surface area contributed by atoms with E-state index in [0.29, 0.717) is 0 Å². The molecule has 5 heteroatoms. The van der Waals surface area contributed by atoms with Gasteiger partial charge in [-0.2, -0.15) is 0 Å². The maximum Gasteiger partial charge on any atom is 0.321 e. The lowest BCUT2D eigenvalue weighted by atomic mass is 9.97. The van der Waals surface area contributed by atoms with Crippen molar-refractivity contribution >= 4 is 27.9 Å². The van der Waals surface area contributed by atoms with Crippen molar-refractivity contribution in [3.05, 3.63) is 0 Å². The molecule has 0 rings (SSSR count). The summed E-state index contributed by atoms with van der Waals surface area (Å²) < 4.78 is 9.07. The predicted molar refractivity (Wildman–Crippen MR) is 55.1 cm³/mol. The van der Waals surface area contributed by atoms with Crippen molar-refractivity contribution in [1.29, 1.82) is 0 Å². The fraction of sp³-hybridized carbons (Fsp3) is 0.778. The second-order valence-electron chi connectivity index (χ2n) is 3.21. The van der Waals surface area contributed by atoms with Crippen LogP contribution in [-0.4, -0.2) is 31.0 Å². The van der Waals surface area contributed by atoms with Crippen molar-refractivity contribution in [2.45, 2.75) is 18.7 Å².